The lowest BCUT2D eigenvalue weighted by atomic mass is 9.85. The molecule has 5 aromatic rings. The predicted octanol–water partition coefficient (Wildman–Crippen LogP) is 5.70. The monoisotopic (exact) mass is 507 g/mol. The molecule has 3 heterocycles. The molecule has 10 heteroatoms. The first kappa shape index (κ1) is 24.3. The van der Waals surface area contributed by atoms with Gasteiger partial charge in [-0.3, -0.25) is 9.78 Å². The zero-order valence-electron chi connectivity index (χ0n) is 20.2. The van der Waals surface area contributed by atoms with Crippen LogP contribution in [0.15, 0.2) is 61.1 Å². The second-order valence-corrected chi connectivity index (χ2v) is 8.93. The fraction of sp³-hybridized carbons (Fsp3) is 0.107. The van der Waals surface area contributed by atoms with E-state index in [0.29, 0.717) is 33.9 Å². The third-order valence-electron chi connectivity index (χ3n) is 5.96. The Kier molecular flexibility index (Phi) is 6.15. The number of amides is 1. The number of H-pyrrole nitrogens is 1. The van der Waals surface area contributed by atoms with Gasteiger partial charge >= 0.3 is 0 Å². The van der Waals surface area contributed by atoms with Crippen molar-refractivity contribution in [1.29, 1.82) is 5.26 Å². The number of carbonyl (C=O) groups excluding carboxylic acids is 1. The smallest absolute Gasteiger partial charge is 0.255 e. The Morgan fingerprint density at radius 2 is 1.87 bits per heavy atom. The van der Waals surface area contributed by atoms with Crippen molar-refractivity contribution in [3.63, 3.8) is 0 Å². The third kappa shape index (κ3) is 4.59. The summed E-state index contributed by atoms with van der Waals surface area (Å²) in [5.74, 6) is -2.20. The van der Waals surface area contributed by atoms with Crippen LogP contribution in [0.25, 0.3) is 22.3 Å². The van der Waals surface area contributed by atoms with Gasteiger partial charge in [0.2, 0.25) is 0 Å². The van der Waals surface area contributed by atoms with E-state index in [9.17, 15) is 18.8 Å². The largest absolute Gasteiger partial charge is 0.337 e. The highest BCUT2D eigenvalue weighted by Gasteiger charge is 2.22. The van der Waals surface area contributed by atoms with Crippen molar-refractivity contribution in [2.45, 2.75) is 19.3 Å². The van der Waals surface area contributed by atoms with Gasteiger partial charge in [-0.05, 0) is 55.8 Å². The van der Waals surface area contributed by atoms with Crippen LogP contribution in [-0.2, 0) is 5.41 Å². The number of halogens is 2. The lowest BCUT2D eigenvalue weighted by Gasteiger charge is -2.17. The molecule has 3 N–H and O–H groups in total. The number of hydrogen-bond donors (Lipinski definition) is 3. The summed E-state index contributed by atoms with van der Waals surface area (Å²) in [6.07, 6.45) is 5.61. The highest BCUT2D eigenvalue weighted by Crippen LogP contribution is 2.33. The molecule has 0 spiro atoms. The second kappa shape index (κ2) is 9.60. The molecule has 5 rings (SSSR count). The molecule has 0 aliphatic carbocycles. The van der Waals surface area contributed by atoms with E-state index in [1.807, 2.05) is 0 Å². The minimum absolute atomic E-state index is 0.115. The molecular weight excluding hydrogens is 488 g/mol. The van der Waals surface area contributed by atoms with Gasteiger partial charge in [0.05, 0.1) is 33.9 Å². The number of anilines is 3. The highest BCUT2D eigenvalue weighted by atomic mass is 19.1. The molecule has 0 unspecified atom stereocenters. The number of aromatic nitrogens is 4. The molecule has 0 fully saturated rings. The molecular formula is C28H19F2N7O. The van der Waals surface area contributed by atoms with Crippen LogP contribution in [0.5, 0.6) is 0 Å². The minimum Gasteiger partial charge on any atom is -0.337 e. The lowest BCUT2D eigenvalue weighted by Crippen LogP contribution is -2.17. The van der Waals surface area contributed by atoms with Crippen molar-refractivity contribution in [2.24, 2.45) is 0 Å². The normalized spacial score (nSPS) is 11.0. The van der Waals surface area contributed by atoms with Crippen molar-refractivity contribution < 1.29 is 13.6 Å². The summed E-state index contributed by atoms with van der Waals surface area (Å²) in [5.41, 5.74) is 1.21. The maximum absolute atomic E-state index is 14.8. The Labute approximate surface area is 216 Å². The summed E-state index contributed by atoms with van der Waals surface area (Å²) in [6, 6.07) is 16.8. The molecule has 8 nitrogen and oxygen atoms in total. The van der Waals surface area contributed by atoms with Gasteiger partial charge in [0.1, 0.15) is 23.8 Å². The molecule has 0 aliphatic heterocycles. The van der Waals surface area contributed by atoms with E-state index < -0.39 is 23.0 Å². The van der Waals surface area contributed by atoms with Crippen LogP contribution in [-0.4, -0.2) is 25.8 Å². The van der Waals surface area contributed by atoms with Gasteiger partial charge in [-0.2, -0.15) is 5.26 Å². The fourth-order valence-electron chi connectivity index (χ4n) is 3.83. The summed E-state index contributed by atoms with van der Waals surface area (Å²) in [5, 5.41) is 15.3. The minimum atomic E-state index is -0.953. The first-order valence-corrected chi connectivity index (χ1v) is 11.4. The van der Waals surface area contributed by atoms with Gasteiger partial charge in [-0.1, -0.05) is 12.1 Å². The van der Waals surface area contributed by atoms with Gasteiger partial charge < -0.3 is 10.6 Å². The molecule has 0 saturated carbocycles. The third-order valence-corrected chi connectivity index (χ3v) is 5.96. The first-order chi connectivity index (χ1) is 18.3. The van der Waals surface area contributed by atoms with Crippen molar-refractivity contribution in [3.8, 4) is 17.3 Å². The van der Waals surface area contributed by atoms with E-state index in [-0.39, 0.29) is 22.8 Å². The van der Waals surface area contributed by atoms with E-state index in [4.69, 9.17) is 0 Å². The average Bonchev–Trinajstić information content (AvgIpc) is 3.41. The molecule has 38 heavy (non-hydrogen) atoms. The standard InChI is InChI=1S/C28H19F2N7O/c1-28(2,14-31)17-6-3-5-16(11-17)27(38)37-23-13-22(20(29)12-21(23)30)36-26-18(7-4-9-32-26)24-19-8-10-33-25(19)35-15-34-24/h3-7,9,11-13,15H,1-2H3,(H,32,36)(H,37,38)(H,33,34,35). The van der Waals surface area contributed by atoms with E-state index in [0.717, 1.165) is 6.07 Å². The molecule has 186 valence electrons. The molecule has 0 atom stereocenters. The number of nitrogens with one attached hydrogen (secondary N) is 3. The predicted molar refractivity (Wildman–Crippen MR) is 137 cm³/mol. The molecule has 0 aliphatic rings. The number of benzene rings is 2. The quantitative estimate of drug-likeness (QED) is 0.271. The molecule has 0 radical (unpaired) electrons. The zero-order valence-corrected chi connectivity index (χ0v) is 20.2. The van der Waals surface area contributed by atoms with Crippen LogP contribution in [0.3, 0.4) is 0 Å². The van der Waals surface area contributed by atoms with E-state index >= 15 is 0 Å². The Bertz CT molecular complexity index is 1720. The van der Waals surface area contributed by atoms with Gasteiger partial charge in [-0.25, -0.2) is 23.7 Å². The molecule has 0 saturated heterocycles. The summed E-state index contributed by atoms with van der Waals surface area (Å²) < 4.78 is 29.5. The SMILES string of the molecule is CC(C)(C#N)c1cccc(C(=O)Nc2cc(Nc3ncccc3-c3ncnc4[nH]c#cc34)c(F)cc2F)c1. The molecule has 3 aromatic heterocycles. The first-order valence-electron chi connectivity index (χ1n) is 11.4. The highest BCUT2D eigenvalue weighted by molar-refractivity contribution is 6.04. The summed E-state index contributed by atoms with van der Waals surface area (Å²) in [4.78, 5) is 28.5. The van der Waals surface area contributed by atoms with Gasteiger partial charge in [0, 0.05) is 29.6 Å². The number of fused-ring (bicyclic) bond motifs is 1. The van der Waals surface area contributed by atoms with Crippen molar-refractivity contribution in [2.75, 3.05) is 10.6 Å². The van der Waals surface area contributed by atoms with Crippen LogP contribution < -0.4 is 10.6 Å². The Balaban J connectivity index is 1.46. The van der Waals surface area contributed by atoms with E-state index in [1.165, 1.54) is 12.5 Å². The van der Waals surface area contributed by atoms with Crippen LogP contribution >= 0.6 is 0 Å². The Morgan fingerprint density at radius 3 is 2.68 bits per heavy atom. The van der Waals surface area contributed by atoms with Crippen LogP contribution in [0.2, 0.25) is 0 Å². The number of hydrogen-bond acceptors (Lipinski definition) is 6. The number of rotatable bonds is 6. The maximum Gasteiger partial charge on any atom is 0.255 e. The van der Waals surface area contributed by atoms with Gasteiger partial charge in [0.25, 0.3) is 5.91 Å². The van der Waals surface area contributed by atoms with Crippen LogP contribution in [0.4, 0.5) is 26.0 Å². The number of nitriles is 1. The van der Waals surface area contributed by atoms with Crippen molar-refractivity contribution in [3.05, 3.63) is 96.1 Å². The summed E-state index contributed by atoms with van der Waals surface area (Å²) in [7, 11) is 0. The molecule has 2 aromatic carbocycles. The molecule has 1 amide bonds. The second-order valence-electron chi connectivity index (χ2n) is 8.93. The van der Waals surface area contributed by atoms with Crippen LogP contribution in [0, 0.1) is 35.2 Å². The molecule has 0 bridgehead atoms. The summed E-state index contributed by atoms with van der Waals surface area (Å²) in [6.45, 7) is 3.46. The van der Waals surface area contributed by atoms with Gasteiger partial charge in [0.15, 0.2) is 5.65 Å². The topological polar surface area (TPSA) is 119 Å². The summed E-state index contributed by atoms with van der Waals surface area (Å²) >= 11 is 0. The lowest BCUT2D eigenvalue weighted by molar-refractivity contribution is 0.102. The zero-order chi connectivity index (χ0) is 26.9. The number of nitrogens with zero attached hydrogens (tertiary/aromatic N) is 4. The van der Waals surface area contributed by atoms with E-state index in [1.54, 1.807) is 50.2 Å². The Hall–Kier alpha value is -5.35. The van der Waals surface area contributed by atoms with E-state index in [2.05, 4.69) is 48.9 Å². The van der Waals surface area contributed by atoms with Crippen LogP contribution in [0.1, 0.15) is 29.8 Å². The number of aromatic amines is 1. The van der Waals surface area contributed by atoms with Crippen molar-refractivity contribution >= 4 is 34.1 Å². The maximum atomic E-state index is 14.8. The number of carbonyl (C=O) groups is 1. The fourth-order valence-corrected chi connectivity index (χ4v) is 3.83. The average molecular weight is 508 g/mol. The Morgan fingerprint density at radius 1 is 1.05 bits per heavy atom. The van der Waals surface area contributed by atoms with Gasteiger partial charge in [-0.15, -0.1) is 0 Å². The van der Waals surface area contributed by atoms with Crippen molar-refractivity contribution in [1.82, 2.24) is 19.9 Å². The number of pyridine rings is 1.